The third kappa shape index (κ3) is 5.21. The van der Waals surface area contributed by atoms with E-state index < -0.39 is 12.1 Å². The van der Waals surface area contributed by atoms with Gasteiger partial charge in [-0.1, -0.05) is 0 Å². The van der Waals surface area contributed by atoms with E-state index in [1.807, 2.05) is 19.1 Å². The second-order valence-electron chi connectivity index (χ2n) is 6.30. The lowest BCUT2D eigenvalue weighted by atomic mass is 9.83. The largest absolute Gasteiger partial charge is 0.490 e. The van der Waals surface area contributed by atoms with Crippen molar-refractivity contribution < 1.29 is 37.0 Å². The van der Waals surface area contributed by atoms with Gasteiger partial charge in [0.1, 0.15) is 12.4 Å². The van der Waals surface area contributed by atoms with E-state index >= 15 is 0 Å². The molecule has 1 aromatic heterocycles. The van der Waals surface area contributed by atoms with Gasteiger partial charge in [0.2, 0.25) is 5.91 Å². The zero-order chi connectivity index (χ0) is 19.4. The summed E-state index contributed by atoms with van der Waals surface area (Å²) in [7, 11) is 0. The number of amides is 1. The topological polar surface area (TPSA) is 92.0 Å². The molecule has 3 heterocycles. The van der Waals surface area contributed by atoms with Crippen molar-refractivity contribution in [1.29, 1.82) is 0 Å². The fraction of sp³-hybridized carbons (Fsp3) is 0.625. The Balaban J connectivity index is 0.000000298. The molecule has 1 amide bonds. The molecule has 0 aliphatic carbocycles. The van der Waals surface area contributed by atoms with Gasteiger partial charge in [-0.2, -0.15) is 13.2 Å². The van der Waals surface area contributed by atoms with Crippen molar-refractivity contribution in [2.24, 2.45) is 0 Å². The fourth-order valence-electron chi connectivity index (χ4n) is 3.04. The Hall–Kier alpha value is -2.07. The molecule has 2 aliphatic heterocycles. The molecule has 0 aromatic carbocycles. The van der Waals surface area contributed by atoms with Gasteiger partial charge in [0.15, 0.2) is 0 Å². The molecular formula is C16H21F3N2O5. The lowest BCUT2D eigenvalue weighted by Gasteiger charge is -2.47. The Morgan fingerprint density at radius 3 is 2.50 bits per heavy atom. The third-order valence-electron chi connectivity index (χ3n) is 4.56. The number of hydrogen-bond donors (Lipinski definition) is 2. The highest BCUT2D eigenvalue weighted by Gasteiger charge is 2.44. The monoisotopic (exact) mass is 378 g/mol. The normalized spacial score (nSPS) is 23.1. The number of nitrogens with one attached hydrogen (secondary N) is 1. The van der Waals surface area contributed by atoms with Crippen LogP contribution in [0.4, 0.5) is 13.2 Å². The number of furan rings is 1. The maximum absolute atomic E-state index is 11.3. The van der Waals surface area contributed by atoms with Crippen LogP contribution in [0, 0.1) is 0 Å². The Morgan fingerprint density at radius 1 is 1.42 bits per heavy atom. The maximum Gasteiger partial charge on any atom is 0.490 e. The minimum absolute atomic E-state index is 0.00357. The number of nitrogens with zero attached hydrogens (tertiary/aromatic N) is 1. The number of hydrogen-bond acceptors (Lipinski definition) is 5. The number of alkyl halides is 3. The first-order valence-corrected chi connectivity index (χ1v) is 8.10. The summed E-state index contributed by atoms with van der Waals surface area (Å²) in [5.74, 6) is -1.76. The Morgan fingerprint density at radius 2 is 2.04 bits per heavy atom. The summed E-state index contributed by atoms with van der Waals surface area (Å²) in [6, 6.07) is 4.02. The zero-order valence-corrected chi connectivity index (χ0v) is 14.2. The standard InChI is InChI=1S/C14H20N2O3.C2HF3O2/c1-11-14(19-10-13(17)15-11)4-6-16(7-5-14)9-12-3-2-8-18-12;3-2(4,5)1(6)7/h2-3,8,11H,4-7,9-10H2,1H3,(H,15,17);(H,6,7). The number of rotatable bonds is 2. The molecular weight excluding hydrogens is 357 g/mol. The van der Waals surface area contributed by atoms with Crippen LogP contribution in [0.25, 0.3) is 0 Å². The molecule has 10 heteroatoms. The highest BCUT2D eigenvalue weighted by atomic mass is 19.4. The van der Waals surface area contributed by atoms with Crippen molar-refractivity contribution in [3.8, 4) is 0 Å². The number of morpholine rings is 1. The van der Waals surface area contributed by atoms with Crippen molar-refractivity contribution in [3.63, 3.8) is 0 Å². The van der Waals surface area contributed by atoms with E-state index in [9.17, 15) is 18.0 Å². The van der Waals surface area contributed by atoms with Crippen LogP contribution in [0.5, 0.6) is 0 Å². The number of piperidine rings is 1. The number of halogens is 3. The number of carboxylic acid groups (broad SMARTS) is 1. The van der Waals surface area contributed by atoms with Crippen molar-refractivity contribution in [1.82, 2.24) is 10.2 Å². The molecule has 2 fully saturated rings. The summed E-state index contributed by atoms with van der Waals surface area (Å²) in [5, 5.41) is 10.1. The minimum Gasteiger partial charge on any atom is -0.475 e. The SMILES string of the molecule is CC1NC(=O)COC12CCN(Cc1ccco1)CC2.O=C(O)C(F)(F)F. The molecule has 26 heavy (non-hydrogen) atoms. The molecule has 0 bridgehead atoms. The van der Waals surface area contributed by atoms with E-state index in [0.717, 1.165) is 38.2 Å². The first-order valence-electron chi connectivity index (χ1n) is 8.10. The summed E-state index contributed by atoms with van der Waals surface area (Å²) in [4.78, 5) is 22.6. The first kappa shape index (κ1) is 20.2. The highest BCUT2D eigenvalue weighted by Crippen LogP contribution is 2.32. The van der Waals surface area contributed by atoms with Gasteiger partial charge in [0, 0.05) is 13.1 Å². The van der Waals surface area contributed by atoms with E-state index in [1.165, 1.54) is 0 Å². The van der Waals surface area contributed by atoms with Gasteiger partial charge in [0.05, 0.1) is 24.5 Å². The third-order valence-corrected chi connectivity index (χ3v) is 4.56. The van der Waals surface area contributed by atoms with E-state index in [-0.39, 0.29) is 24.2 Å². The number of carboxylic acids is 1. The molecule has 2 saturated heterocycles. The predicted molar refractivity (Wildman–Crippen MR) is 83.2 cm³/mol. The number of ether oxygens (including phenoxy) is 1. The molecule has 7 nitrogen and oxygen atoms in total. The fourth-order valence-corrected chi connectivity index (χ4v) is 3.04. The summed E-state index contributed by atoms with van der Waals surface area (Å²) >= 11 is 0. The molecule has 0 radical (unpaired) electrons. The van der Waals surface area contributed by atoms with Gasteiger partial charge < -0.3 is 19.6 Å². The highest BCUT2D eigenvalue weighted by molar-refractivity contribution is 5.78. The zero-order valence-electron chi connectivity index (χ0n) is 14.2. The van der Waals surface area contributed by atoms with Crippen LogP contribution in [0.1, 0.15) is 25.5 Å². The van der Waals surface area contributed by atoms with Crippen LogP contribution in [-0.2, 0) is 20.9 Å². The van der Waals surface area contributed by atoms with Crippen LogP contribution in [0.2, 0.25) is 0 Å². The maximum atomic E-state index is 11.3. The van der Waals surface area contributed by atoms with E-state index in [0.29, 0.717) is 0 Å². The van der Waals surface area contributed by atoms with Crippen LogP contribution in [0.3, 0.4) is 0 Å². The predicted octanol–water partition coefficient (Wildman–Crippen LogP) is 1.78. The van der Waals surface area contributed by atoms with Gasteiger partial charge in [0.25, 0.3) is 0 Å². The van der Waals surface area contributed by atoms with E-state index in [2.05, 4.69) is 10.2 Å². The van der Waals surface area contributed by atoms with Gasteiger partial charge in [-0.3, -0.25) is 9.69 Å². The number of carbonyl (C=O) groups excluding carboxylic acids is 1. The Labute approximate surface area is 148 Å². The van der Waals surface area contributed by atoms with E-state index in [4.69, 9.17) is 19.1 Å². The molecule has 0 saturated carbocycles. The summed E-state index contributed by atoms with van der Waals surface area (Å²) in [6.45, 7) is 5.04. The van der Waals surface area contributed by atoms with Gasteiger partial charge in [-0.15, -0.1) is 0 Å². The van der Waals surface area contributed by atoms with Crippen molar-refractivity contribution >= 4 is 11.9 Å². The smallest absolute Gasteiger partial charge is 0.475 e. The molecule has 2 N–H and O–H groups in total. The molecule has 146 valence electrons. The van der Waals surface area contributed by atoms with Crippen LogP contribution in [0.15, 0.2) is 22.8 Å². The molecule has 1 spiro atoms. The number of aliphatic carboxylic acids is 1. The minimum atomic E-state index is -5.08. The lowest BCUT2D eigenvalue weighted by Crippen LogP contribution is -2.62. The van der Waals surface area contributed by atoms with Gasteiger partial charge >= 0.3 is 12.1 Å². The summed E-state index contributed by atoms with van der Waals surface area (Å²) < 4.78 is 43.0. The van der Waals surface area contributed by atoms with Gasteiger partial charge in [-0.25, -0.2) is 4.79 Å². The van der Waals surface area contributed by atoms with E-state index in [1.54, 1.807) is 6.26 Å². The molecule has 3 rings (SSSR count). The van der Waals surface area contributed by atoms with Crippen molar-refractivity contribution in [3.05, 3.63) is 24.2 Å². The van der Waals surface area contributed by atoms with Crippen LogP contribution in [-0.4, -0.2) is 59.4 Å². The van der Waals surface area contributed by atoms with Crippen LogP contribution < -0.4 is 5.32 Å². The van der Waals surface area contributed by atoms with Gasteiger partial charge in [-0.05, 0) is 31.9 Å². The summed E-state index contributed by atoms with van der Waals surface area (Å²) in [5.41, 5.74) is -0.173. The Bertz CT molecular complexity index is 610. The Kier molecular flexibility index (Phi) is 6.30. The number of likely N-dealkylation sites (tertiary alicyclic amines) is 1. The second kappa shape index (κ2) is 8.09. The quantitative estimate of drug-likeness (QED) is 0.815. The second-order valence-corrected chi connectivity index (χ2v) is 6.30. The van der Waals surface area contributed by atoms with Crippen molar-refractivity contribution in [2.45, 2.75) is 44.1 Å². The molecule has 2 aliphatic rings. The first-order chi connectivity index (χ1) is 12.1. The summed E-state index contributed by atoms with van der Waals surface area (Å²) in [6.07, 6.45) is -1.47. The average Bonchev–Trinajstić information content (AvgIpc) is 3.06. The van der Waals surface area contributed by atoms with Crippen molar-refractivity contribution in [2.75, 3.05) is 19.7 Å². The molecule has 1 atom stereocenters. The molecule has 1 unspecified atom stereocenters. The number of carbonyl (C=O) groups is 2. The lowest BCUT2D eigenvalue weighted by molar-refractivity contribution is -0.192. The molecule has 1 aromatic rings. The average molecular weight is 378 g/mol. The van der Waals surface area contributed by atoms with Crippen LogP contribution >= 0.6 is 0 Å².